The van der Waals surface area contributed by atoms with Crippen molar-refractivity contribution < 1.29 is 14.8 Å². The quantitative estimate of drug-likeness (QED) is 0.627. The van der Waals surface area contributed by atoms with Crippen molar-refractivity contribution in [2.45, 2.75) is 12.8 Å². The van der Waals surface area contributed by atoms with E-state index >= 15 is 0 Å². The first-order valence-electron chi connectivity index (χ1n) is 5.30. The van der Waals surface area contributed by atoms with Gasteiger partial charge < -0.3 is 14.9 Å². The lowest BCUT2D eigenvalue weighted by Gasteiger charge is -2.14. The molecular weight excluding hydrogens is 207 g/mol. The Labute approximate surface area is 93.9 Å². The molecule has 2 N–H and O–H groups in total. The molecule has 0 atom stereocenters. The molecule has 0 radical (unpaired) electrons. The zero-order valence-corrected chi connectivity index (χ0v) is 8.83. The van der Waals surface area contributed by atoms with Crippen molar-refractivity contribution in [2.75, 3.05) is 13.1 Å². The molecule has 6 heteroatoms. The second-order valence-corrected chi connectivity index (χ2v) is 3.85. The summed E-state index contributed by atoms with van der Waals surface area (Å²) in [4.78, 5) is 17.6. The number of hydrogen-bond donors (Lipinski definition) is 2. The lowest BCUT2D eigenvalue weighted by atomic mass is 9.82. The van der Waals surface area contributed by atoms with Gasteiger partial charge in [-0.3, -0.25) is 9.78 Å². The summed E-state index contributed by atoms with van der Waals surface area (Å²) in [5.74, 6) is -0.0866. The molecule has 1 aliphatic heterocycles. The van der Waals surface area contributed by atoms with Crippen LogP contribution in [0.3, 0.4) is 0 Å². The third-order valence-corrected chi connectivity index (χ3v) is 2.70. The van der Waals surface area contributed by atoms with E-state index in [0.717, 1.165) is 25.9 Å². The number of hydrogen-bond acceptors (Lipinski definition) is 4. The van der Waals surface area contributed by atoms with Crippen LogP contribution in [0.5, 0.6) is 0 Å². The van der Waals surface area contributed by atoms with Crippen molar-refractivity contribution in [3.8, 4) is 0 Å². The molecule has 1 saturated heterocycles. The summed E-state index contributed by atoms with van der Waals surface area (Å²) in [5, 5.41) is 17.8. The van der Waals surface area contributed by atoms with Crippen molar-refractivity contribution in [3.05, 3.63) is 24.0 Å². The summed E-state index contributed by atoms with van der Waals surface area (Å²) >= 11 is 0. The molecular formula is C10H13BN2O3. The predicted molar refractivity (Wildman–Crippen MR) is 59.2 cm³/mol. The fourth-order valence-corrected chi connectivity index (χ4v) is 1.77. The largest absolute Gasteiger partial charge is 0.490 e. The molecule has 16 heavy (non-hydrogen) atoms. The van der Waals surface area contributed by atoms with Gasteiger partial charge in [0.05, 0.1) is 0 Å². The van der Waals surface area contributed by atoms with Gasteiger partial charge in [0.25, 0.3) is 5.91 Å². The summed E-state index contributed by atoms with van der Waals surface area (Å²) in [6.07, 6.45) is 3.40. The van der Waals surface area contributed by atoms with Gasteiger partial charge in [-0.25, -0.2) is 0 Å². The highest BCUT2D eigenvalue weighted by Crippen LogP contribution is 2.10. The number of aromatic nitrogens is 1. The number of likely N-dealkylation sites (tertiary alicyclic amines) is 1. The molecule has 0 unspecified atom stereocenters. The van der Waals surface area contributed by atoms with Gasteiger partial charge >= 0.3 is 7.12 Å². The van der Waals surface area contributed by atoms with E-state index in [9.17, 15) is 4.79 Å². The summed E-state index contributed by atoms with van der Waals surface area (Å²) in [7, 11) is -1.54. The number of carbonyl (C=O) groups excluding carboxylic acids is 1. The molecule has 1 aliphatic rings. The first kappa shape index (κ1) is 11.1. The zero-order valence-electron chi connectivity index (χ0n) is 8.83. The maximum absolute atomic E-state index is 11.9. The van der Waals surface area contributed by atoms with E-state index in [4.69, 9.17) is 10.0 Å². The van der Waals surface area contributed by atoms with Gasteiger partial charge in [0.15, 0.2) is 0 Å². The summed E-state index contributed by atoms with van der Waals surface area (Å²) in [5.41, 5.74) is 0.643. The Bertz CT molecular complexity index is 374. The Balaban J connectivity index is 2.11. The van der Waals surface area contributed by atoms with Gasteiger partial charge in [0.2, 0.25) is 0 Å². The summed E-state index contributed by atoms with van der Waals surface area (Å²) in [6.45, 7) is 1.57. The van der Waals surface area contributed by atoms with Crippen LogP contribution >= 0.6 is 0 Å². The smallest absolute Gasteiger partial charge is 0.423 e. The van der Waals surface area contributed by atoms with Crippen LogP contribution < -0.4 is 5.46 Å². The van der Waals surface area contributed by atoms with Crippen LogP contribution in [0.4, 0.5) is 0 Å². The minimum atomic E-state index is -1.54. The average Bonchev–Trinajstić information content (AvgIpc) is 2.81. The molecule has 0 spiro atoms. The van der Waals surface area contributed by atoms with Crippen LogP contribution in [-0.2, 0) is 0 Å². The molecule has 84 valence electrons. The van der Waals surface area contributed by atoms with Crippen LogP contribution in [0.15, 0.2) is 18.3 Å². The molecule has 0 aliphatic carbocycles. The Morgan fingerprint density at radius 1 is 1.31 bits per heavy atom. The molecule has 1 amide bonds. The number of nitrogens with zero attached hydrogens (tertiary/aromatic N) is 2. The third-order valence-electron chi connectivity index (χ3n) is 2.70. The second kappa shape index (κ2) is 4.63. The normalized spacial score (nSPS) is 15.2. The van der Waals surface area contributed by atoms with Crippen LogP contribution in [0.25, 0.3) is 0 Å². The topological polar surface area (TPSA) is 73.7 Å². The van der Waals surface area contributed by atoms with E-state index < -0.39 is 7.12 Å². The molecule has 1 aromatic heterocycles. The van der Waals surface area contributed by atoms with Gasteiger partial charge in [-0.15, -0.1) is 0 Å². The van der Waals surface area contributed by atoms with Gasteiger partial charge in [0.1, 0.15) is 5.69 Å². The maximum Gasteiger partial charge on any atom is 0.490 e. The Hall–Kier alpha value is -1.40. The molecule has 2 heterocycles. The van der Waals surface area contributed by atoms with Crippen molar-refractivity contribution >= 4 is 18.5 Å². The Morgan fingerprint density at radius 2 is 2.00 bits per heavy atom. The van der Waals surface area contributed by atoms with Gasteiger partial charge in [0, 0.05) is 24.7 Å². The molecule has 0 aromatic carbocycles. The van der Waals surface area contributed by atoms with Crippen LogP contribution in [-0.4, -0.2) is 46.0 Å². The minimum Gasteiger partial charge on any atom is -0.423 e. The highest BCUT2D eigenvalue weighted by molar-refractivity contribution is 6.58. The molecule has 1 aromatic rings. The maximum atomic E-state index is 11.9. The fourth-order valence-electron chi connectivity index (χ4n) is 1.77. The lowest BCUT2D eigenvalue weighted by molar-refractivity contribution is 0.0787. The monoisotopic (exact) mass is 220 g/mol. The van der Waals surface area contributed by atoms with E-state index in [1.54, 1.807) is 4.90 Å². The Morgan fingerprint density at radius 3 is 2.50 bits per heavy atom. The zero-order chi connectivity index (χ0) is 11.5. The van der Waals surface area contributed by atoms with Crippen LogP contribution in [0.1, 0.15) is 23.3 Å². The lowest BCUT2D eigenvalue weighted by Crippen LogP contribution is -2.32. The van der Waals surface area contributed by atoms with Crippen LogP contribution in [0.2, 0.25) is 0 Å². The average molecular weight is 220 g/mol. The van der Waals surface area contributed by atoms with Gasteiger partial charge in [-0.05, 0) is 18.9 Å². The number of rotatable bonds is 2. The molecule has 5 nitrogen and oxygen atoms in total. The van der Waals surface area contributed by atoms with Crippen molar-refractivity contribution in [2.24, 2.45) is 0 Å². The van der Waals surface area contributed by atoms with E-state index in [1.165, 1.54) is 18.3 Å². The summed E-state index contributed by atoms with van der Waals surface area (Å²) in [6, 6.07) is 3.02. The first-order valence-corrected chi connectivity index (χ1v) is 5.30. The summed E-state index contributed by atoms with van der Waals surface area (Å²) < 4.78 is 0. The van der Waals surface area contributed by atoms with E-state index in [1.807, 2.05) is 0 Å². The van der Waals surface area contributed by atoms with Crippen molar-refractivity contribution in [1.29, 1.82) is 0 Å². The van der Waals surface area contributed by atoms with Crippen LogP contribution in [0, 0.1) is 0 Å². The number of carbonyl (C=O) groups is 1. The molecule has 2 rings (SSSR count). The predicted octanol–water partition coefficient (Wildman–Crippen LogP) is -1.00. The Kier molecular flexibility index (Phi) is 3.21. The molecule has 1 fully saturated rings. The second-order valence-electron chi connectivity index (χ2n) is 3.85. The SMILES string of the molecule is O=C(c1ccc(B(O)O)cn1)N1CCCC1. The van der Waals surface area contributed by atoms with Gasteiger partial charge in [-0.1, -0.05) is 6.07 Å². The number of amides is 1. The van der Waals surface area contributed by atoms with Crippen molar-refractivity contribution in [1.82, 2.24) is 9.88 Å². The minimum absolute atomic E-state index is 0.0866. The number of pyridine rings is 1. The molecule has 0 saturated carbocycles. The third kappa shape index (κ3) is 2.23. The van der Waals surface area contributed by atoms with E-state index in [-0.39, 0.29) is 11.4 Å². The van der Waals surface area contributed by atoms with Gasteiger partial charge in [-0.2, -0.15) is 0 Å². The highest BCUT2D eigenvalue weighted by atomic mass is 16.4. The fraction of sp³-hybridized carbons (Fsp3) is 0.400. The standard InChI is InChI=1S/C10H13BN2O3/c14-10(13-5-1-2-6-13)9-4-3-8(7-12-9)11(15)16/h3-4,7,15-16H,1-2,5-6H2. The van der Waals surface area contributed by atoms with Crippen molar-refractivity contribution in [3.63, 3.8) is 0 Å². The molecule has 0 bridgehead atoms. The highest BCUT2D eigenvalue weighted by Gasteiger charge is 2.21. The van der Waals surface area contributed by atoms with E-state index in [0.29, 0.717) is 5.69 Å². The van der Waals surface area contributed by atoms with E-state index in [2.05, 4.69) is 4.98 Å². The first-order chi connectivity index (χ1) is 7.68.